The minimum atomic E-state index is -1.35. The number of amides is 2. The highest BCUT2D eigenvalue weighted by Gasteiger charge is 2.57. The van der Waals surface area contributed by atoms with Crippen LogP contribution in [0.5, 0.6) is 0 Å². The monoisotopic (exact) mass is 433 g/mol. The van der Waals surface area contributed by atoms with Crippen molar-refractivity contribution >= 4 is 44.8 Å². The van der Waals surface area contributed by atoms with Gasteiger partial charge in [-0.3, -0.25) is 14.5 Å². The largest absolute Gasteiger partial charge is 0.350 e. The maximum absolute atomic E-state index is 13.6. The molecular weight excluding hydrogens is 418 g/mol. The van der Waals surface area contributed by atoms with E-state index in [1.54, 1.807) is 11.0 Å². The van der Waals surface area contributed by atoms with Crippen LogP contribution < -0.4 is 15.5 Å². The number of rotatable bonds is 1. The molecule has 1 atom stereocenters. The summed E-state index contributed by atoms with van der Waals surface area (Å²) in [6.07, 6.45) is 0. The Morgan fingerprint density at radius 2 is 1.68 bits per heavy atom. The fraction of sp³-hybridized carbons (Fsp3) is 0.0909. The van der Waals surface area contributed by atoms with Gasteiger partial charge in [0.2, 0.25) is 5.66 Å². The van der Waals surface area contributed by atoms with E-state index >= 15 is 0 Å². The maximum Gasteiger partial charge on any atom is 0.276 e. The summed E-state index contributed by atoms with van der Waals surface area (Å²) in [7, 11) is 0. The number of fused-ring (bicyclic) bond motifs is 3. The fourth-order valence-electron chi connectivity index (χ4n) is 3.95. The molecule has 6 heteroatoms. The smallest absolute Gasteiger partial charge is 0.276 e. The van der Waals surface area contributed by atoms with Gasteiger partial charge in [-0.05, 0) is 55.5 Å². The number of benzene rings is 3. The Bertz CT molecular complexity index is 1140. The van der Waals surface area contributed by atoms with Crippen LogP contribution in [0, 0.1) is 6.92 Å². The van der Waals surface area contributed by atoms with E-state index in [4.69, 9.17) is 0 Å². The van der Waals surface area contributed by atoms with Gasteiger partial charge in [0.05, 0.1) is 5.56 Å². The highest BCUT2D eigenvalue weighted by molar-refractivity contribution is 9.10. The molecule has 2 amide bonds. The molecule has 1 spiro atoms. The highest BCUT2D eigenvalue weighted by atomic mass is 79.9. The first kappa shape index (κ1) is 17.0. The summed E-state index contributed by atoms with van der Waals surface area (Å²) < 4.78 is 0.898. The molecule has 0 saturated carbocycles. The van der Waals surface area contributed by atoms with E-state index in [1.807, 2.05) is 67.6 Å². The minimum absolute atomic E-state index is 0.221. The second-order valence-electron chi connectivity index (χ2n) is 7.00. The van der Waals surface area contributed by atoms with Crippen molar-refractivity contribution in [3.8, 4) is 0 Å². The van der Waals surface area contributed by atoms with E-state index in [0.717, 1.165) is 15.6 Å². The lowest BCUT2D eigenvalue weighted by Gasteiger charge is -2.44. The zero-order valence-corrected chi connectivity index (χ0v) is 16.6. The summed E-state index contributed by atoms with van der Waals surface area (Å²) >= 11 is 3.43. The van der Waals surface area contributed by atoms with Gasteiger partial charge in [-0.1, -0.05) is 39.7 Å². The van der Waals surface area contributed by atoms with Crippen molar-refractivity contribution < 1.29 is 9.59 Å². The molecule has 0 bridgehead atoms. The molecule has 5 nitrogen and oxygen atoms in total. The lowest BCUT2D eigenvalue weighted by atomic mass is 9.91. The average Bonchev–Trinajstić information content (AvgIpc) is 2.95. The van der Waals surface area contributed by atoms with Crippen LogP contribution in [-0.2, 0) is 10.5 Å². The third-order valence-electron chi connectivity index (χ3n) is 5.24. The molecule has 0 saturated heterocycles. The van der Waals surface area contributed by atoms with Crippen LogP contribution in [0.2, 0.25) is 0 Å². The van der Waals surface area contributed by atoms with E-state index in [2.05, 4.69) is 26.6 Å². The molecule has 0 aliphatic carbocycles. The van der Waals surface area contributed by atoms with Gasteiger partial charge < -0.3 is 10.6 Å². The van der Waals surface area contributed by atoms with Crippen LogP contribution in [0.25, 0.3) is 0 Å². The second kappa shape index (κ2) is 5.94. The lowest BCUT2D eigenvalue weighted by molar-refractivity contribution is -0.119. The molecule has 2 aliphatic heterocycles. The Balaban J connectivity index is 1.82. The van der Waals surface area contributed by atoms with Crippen LogP contribution >= 0.6 is 15.9 Å². The van der Waals surface area contributed by atoms with E-state index in [9.17, 15) is 9.59 Å². The molecule has 3 aromatic carbocycles. The van der Waals surface area contributed by atoms with Crippen LogP contribution in [0.3, 0.4) is 0 Å². The number of halogens is 1. The van der Waals surface area contributed by atoms with Crippen LogP contribution in [-0.4, -0.2) is 11.8 Å². The minimum Gasteiger partial charge on any atom is -0.350 e. The SMILES string of the molecule is Cc1ccc2c(c1)[C@@]1(Nc3ccccc3C(=O)N1c1ccc(Br)cc1)C(=O)N2. The average molecular weight is 434 g/mol. The number of nitrogens with one attached hydrogen (secondary N) is 2. The van der Waals surface area contributed by atoms with Gasteiger partial charge in [0.25, 0.3) is 11.8 Å². The molecular formula is C22H16BrN3O2. The molecule has 2 aliphatic rings. The first-order chi connectivity index (χ1) is 13.5. The molecule has 5 rings (SSSR count). The third-order valence-corrected chi connectivity index (χ3v) is 5.77. The summed E-state index contributed by atoms with van der Waals surface area (Å²) in [6.45, 7) is 1.97. The predicted molar refractivity (Wildman–Crippen MR) is 113 cm³/mol. The zero-order valence-electron chi connectivity index (χ0n) is 15.0. The van der Waals surface area contributed by atoms with E-state index in [1.165, 1.54) is 0 Å². The summed E-state index contributed by atoms with van der Waals surface area (Å²) in [6, 6.07) is 20.4. The molecule has 138 valence electrons. The normalized spacial score (nSPS) is 19.9. The Morgan fingerprint density at radius 3 is 2.46 bits per heavy atom. The van der Waals surface area contributed by atoms with Gasteiger partial charge in [0.15, 0.2) is 0 Å². The summed E-state index contributed by atoms with van der Waals surface area (Å²) in [4.78, 5) is 28.5. The first-order valence-electron chi connectivity index (χ1n) is 8.90. The number of carbonyl (C=O) groups is 2. The van der Waals surface area contributed by atoms with Crippen molar-refractivity contribution in [3.05, 3.63) is 87.9 Å². The predicted octanol–water partition coefficient (Wildman–Crippen LogP) is 4.63. The van der Waals surface area contributed by atoms with Crippen LogP contribution in [0.1, 0.15) is 21.5 Å². The number of anilines is 3. The van der Waals surface area contributed by atoms with E-state index in [0.29, 0.717) is 22.6 Å². The van der Waals surface area contributed by atoms with Crippen molar-refractivity contribution in [2.75, 3.05) is 15.5 Å². The fourth-order valence-corrected chi connectivity index (χ4v) is 4.22. The van der Waals surface area contributed by atoms with Crippen molar-refractivity contribution in [3.63, 3.8) is 0 Å². The van der Waals surface area contributed by atoms with E-state index < -0.39 is 5.66 Å². The maximum atomic E-state index is 13.6. The first-order valence-corrected chi connectivity index (χ1v) is 9.70. The molecule has 0 aromatic heterocycles. The molecule has 0 radical (unpaired) electrons. The van der Waals surface area contributed by atoms with E-state index in [-0.39, 0.29) is 11.8 Å². The summed E-state index contributed by atoms with van der Waals surface area (Å²) in [5.41, 5.74) is 2.93. The van der Waals surface area contributed by atoms with Crippen molar-refractivity contribution in [1.82, 2.24) is 0 Å². The molecule has 2 N–H and O–H groups in total. The van der Waals surface area contributed by atoms with Gasteiger partial charge in [0, 0.05) is 27.1 Å². The van der Waals surface area contributed by atoms with Crippen molar-refractivity contribution in [2.45, 2.75) is 12.6 Å². The van der Waals surface area contributed by atoms with Gasteiger partial charge >= 0.3 is 0 Å². The Hall–Kier alpha value is -3.12. The summed E-state index contributed by atoms with van der Waals surface area (Å²) in [5, 5.41) is 6.32. The Kier molecular flexibility index (Phi) is 3.61. The lowest BCUT2D eigenvalue weighted by Crippen LogP contribution is -2.61. The van der Waals surface area contributed by atoms with Crippen molar-refractivity contribution in [2.24, 2.45) is 0 Å². The molecule has 28 heavy (non-hydrogen) atoms. The molecule has 0 unspecified atom stereocenters. The highest BCUT2D eigenvalue weighted by Crippen LogP contribution is 2.47. The molecule has 3 aromatic rings. The standard InChI is InChI=1S/C22H16BrN3O2/c1-13-6-11-19-17(12-13)22(21(28)24-19)25-18-5-3-2-4-16(18)20(27)26(22)15-9-7-14(23)8-10-15/h2-12,25H,1H3,(H,24,28)/t22-/m0/s1. The van der Waals surface area contributed by atoms with Gasteiger partial charge in [-0.2, -0.15) is 0 Å². The number of nitrogens with zero attached hydrogens (tertiary/aromatic N) is 1. The third kappa shape index (κ3) is 2.24. The van der Waals surface area contributed by atoms with Gasteiger partial charge in [-0.15, -0.1) is 0 Å². The topological polar surface area (TPSA) is 61.4 Å². The quantitative estimate of drug-likeness (QED) is 0.587. The number of carbonyl (C=O) groups excluding carboxylic acids is 2. The second-order valence-corrected chi connectivity index (χ2v) is 7.92. The number of hydrogen-bond donors (Lipinski definition) is 2. The zero-order chi connectivity index (χ0) is 19.5. The number of para-hydroxylation sites is 1. The van der Waals surface area contributed by atoms with Gasteiger partial charge in [-0.25, -0.2) is 0 Å². The number of hydrogen-bond acceptors (Lipinski definition) is 3. The van der Waals surface area contributed by atoms with Gasteiger partial charge in [0.1, 0.15) is 0 Å². The molecule has 2 heterocycles. The Morgan fingerprint density at radius 1 is 0.929 bits per heavy atom. The summed E-state index contributed by atoms with van der Waals surface area (Å²) in [5.74, 6) is -0.500. The number of aryl methyl sites for hydroxylation is 1. The van der Waals surface area contributed by atoms with Crippen LogP contribution in [0.15, 0.2) is 71.2 Å². The van der Waals surface area contributed by atoms with Crippen molar-refractivity contribution in [1.29, 1.82) is 0 Å². The Labute approximate surface area is 170 Å². The van der Waals surface area contributed by atoms with Crippen LogP contribution in [0.4, 0.5) is 17.1 Å². The molecule has 0 fully saturated rings.